The second-order valence-corrected chi connectivity index (χ2v) is 5.39. The van der Waals surface area contributed by atoms with Crippen LogP contribution in [0.15, 0.2) is 12.1 Å². The Morgan fingerprint density at radius 3 is 2.74 bits per heavy atom. The van der Waals surface area contributed by atoms with Crippen molar-refractivity contribution in [3.8, 4) is 0 Å². The smallest absolute Gasteiger partial charge is 0.129 e. The molecule has 1 N–H and O–H groups in total. The monoisotopic (exact) mass is 263 g/mol. The summed E-state index contributed by atoms with van der Waals surface area (Å²) in [5.41, 5.74) is 2.41. The second-order valence-electron chi connectivity index (χ2n) is 5.39. The van der Waals surface area contributed by atoms with Gasteiger partial charge in [-0.3, -0.25) is 0 Å². The number of aryl methyl sites for hydroxylation is 1. The van der Waals surface area contributed by atoms with Gasteiger partial charge < -0.3 is 15.0 Å². The van der Waals surface area contributed by atoms with E-state index in [9.17, 15) is 0 Å². The van der Waals surface area contributed by atoms with Gasteiger partial charge in [0, 0.05) is 39.0 Å². The highest BCUT2D eigenvalue weighted by molar-refractivity contribution is 5.43. The van der Waals surface area contributed by atoms with Crippen LogP contribution in [0.4, 0.5) is 5.82 Å². The molecule has 4 heteroatoms. The molecule has 1 aliphatic heterocycles. The Morgan fingerprint density at radius 2 is 2.11 bits per heavy atom. The van der Waals surface area contributed by atoms with E-state index in [1.54, 1.807) is 7.11 Å². The summed E-state index contributed by atoms with van der Waals surface area (Å²) in [6.07, 6.45) is 2.40. The van der Waals surface area contributed by atoms with E-state index in [0.717, 1.165) is 37.8 Å². The molecule has 2 heterocycles. The van der Waals surface area contributed by atoms with Gasteiger partial charge >= 0.3 is 0 Å². The Balaban J connectivity index is 2.02. The van der Waals surface area contributed by atoms with Crippen molar-refractivity contribution in [1.82, 2.24) is 10.3 Å². The first-order valence-electron chi connectivity index (χ1n) is 7.09. The van der Waals surface area contributed by atoms with E-state index < -0.39 is 0 Å². The van der Waals surface area contributed by atoms with Crippen molar-refractivity contribution >= 4 is 5.82 Å². The maximum atomic E-state index is 5.25. The maximum Gasteiger partial charge on any atom is 0.129 e. The van der Waals surface area contributed by atoms with E-state index in [2.05, 4.69) is 34.3 Å². The van der Waals surface area contributed by atoms with E-state index in [1.165, 1.54) is 18.4 Å². The number of nitrogens with zero attached hydrogens (tertiary/aromatic N) is 2. The number of anilines is 1. The van der Waals surface area contributed by atoms with Crippen LogP contribution >= 0.6 is 0 Å². The molecule has 1 aromatic heterocycles. The predicted octanol–water partition coefficient (Wildman–Crippen LogP) is 1.97. The van der Waals surface area contributed by atoms with Crippen molar-refractivity contribution < 1.29 is 4.74 Å². The SMILES string of the molecule is CNCc1cc(C)nc(N2CCC(COC)CC2)c1. The minimum absolute atomic E-state index is 0.711. The van der Waals surface area contributed by atoms with Gasteiger partial charge in [-0.05, 0) is 50.4 Å². The van der Waals surface area contributed by atoms with Crippen LogP contribution in [0.2, 0.25) is 0 Å². The lowest BCUT2D eigenvalue weighted by Gasteiger charge is -2.32. The molecule has 0 amide bonds. The van der Waals surface area contributed by atoms with Crippen molar-refractivity contribution in [2.75, 3.05) is 38.8 Å². The normalized spacial score (nSPS) is 16.9. The number of pyridine rings is 1. The number of nitrogens with one attached hydrogen (secondary N) is 1. The molecule has 0 atom stereocenters. The molecule has 1 aromatic rings. The highest BCUT2D eigenvalue weighted by Crippen LogP contribution is 2.23. The highest BCUT2D eigenvalue weighted by atomic mass is 16.5. The van der Waals surface area contributed by atoms with Crippen molar-refractivity contribution in [3.05, 3.63) is 23.4 Å². The quantitative estimate of drug-likeness (QED) is 0.881. The van der Waals surface area contributed by atoms with Crippen LogP contribution in [0, 0.1) is 12.8 Å². The van der Waals surface area contributed by atoms with Crippen LogP contribution in [-0.4, -0.2) is 38.8 Å². The minimum Gasteiger partial charge on any atom is -0.384 e. The summed E-state index contributed by atoms with van der Waals surface area (Å²) in [5.74, 6) is 1.84. The fourth-order valence-corrected chi connectivity index (χ4v) is 2.75. The fourth-order valence-electron chi connectivity index (χ4n) is 2.75. The molecule has 0 radical (unpaired) electrons. The van der Waals surface area contributed by atoms with Crippen LogP contribution in [0.5, 0.6) is 0 Å². The summed E-state index contributed by atoms with van der Waals surface area (Å²) in [7, 11) is 3.77. The first-order valence-corrected chi connectivity index (χ1v) is 7.09. The van der Waals surface area contributed by atoms with E-state index in [0.29, 0.717) is 5.92 Å². The molecular weight excluding hydrogens is 238 g/mol. The van der Waals surface area contributed by atoms with Crippen LogP contribution in [0.25, 0.3) is 0 Å². The summed E-state index contributed by atoms with van der Waals surface area (Å²) >= 11 is 0. The molecule has 4 nitrogen and oxygen atoms in total. The van der Waals surface area contributed by atoms with Crippen LogP contribution < -0.4 is 10.2 Å². The van der Waals surface area contributed by atoms with Crippen molar-refractivity contribution in [1.29, 1.82) is 0 Å². The van der Waals surface area contributed by atoms with E-state index >= 15 is 0 Å². The molecular formula is C15H25N3O. The lowest BCUT2D eigenvalue weighted by molar-refractivity contribution is 0.139. The number of rotatable bonds is 5. The first kappa shape index (κ1) is 14.3. The molecule has 1 fully saturated rings. The molecule has 2 rings (SSSR count). The molecule has 1 saturated heterocycles. The van der Waals surface area contributed by atoms with Gasteiger partial charge in [0.15, 0.2) is 0 Å². The molecule has 0 bridgehead atoms. The van der Waals surface area contributed by atoms with Crippen LogP contribution in [-0.2, 0) is 11.3 Å². The third kappa shape index (κ3) is 3.91. The zero-order valence-corrected chi connectivity index (χ0v) is 12.3. The van der Waals surface area contributed by atoms with Crippen molar-refractivity contribution in [3.63, 3.8) is 0 Å². The minimum atomic E-state index is 0.711. The first-order chi connectivity index (χ1) is 9.22. The second kappa shape index (κ2) is 6.87. The largest absolute Gasteiger partial charge is 0.384 e. The maximum absolute atomic E-state index is 5.25. The molecule has 19 heavy (non-hydrogen) atoms. The lowest BCUT2D eigenvalue weighted by Crippen LogP contribution is -2.35. The van der Waals surface area contributed by atoms with E-state index in [1.807, 2.05) is 7.05 Å². The van der Waals surface area contributed by atoms with Gasteiger partial charge in [-0.2, -0.15) is 0 Å². The van der Waals surface area contributed by atoms with Gasteiger partial charge in [0.1, 0.15) is 5.82 Å². The highest BCUT2D eigenvalue weighted by Gasteiger charge is 2.20. The van der Waals surface area contributed by atoms with Crippen molar-refractivity contribution in [2.24, 2.45) is 5.92 Å². The van der Waals surface area contributed by atoms with Gasteiger partial charge in [0.25, 0.3) is 0 Å². The van der Waals surface area contributed by atoms with Gasteiger partial charge in [-0.25, -0.2) is 4.98 Å². The molecule has 0 spiro atoms. The molecule has 0 aromatic carbocycles. The van der Waals surface area contributed by atoms with Crippen LogP contribution in [0.1, 0.15) is 24.1 Å². The standard InChI is InChI=1S/C15H25N3O/c1-12-8-14(10-16-2)9-15(17-12)18-6-4-13(5-7-18)11-19-3/h8-9,13,16H,4-7,10-11H2,1-3H3. The Labute approximate surface area is 116 Å². The lowest BCUT2D eigenvalue weighted by atomic mass is 9.98. The van der Waals surface area contributed by atoms with Crippen LogP contribution in [0.3, 0.4) is 0 Å². The number of aromatic nitrogens is 1. The average molecular weight is 263 g/mol. The Kier molecular flexibility index (Phi) is 5.16. The van der Waals surface area contributed by atoms with Gasteiger partial charge in [-0.15, -0.1) is 0 Å². The van der Waals surface area contributed by atoms with Gasteiger partial charge in [-0.1, -0.05) is 0 Å². The fraction of sp³-hybridized carbons (Fsp3) is 0.667. The topological polar surface area (TPSA) is 37.4 Å². The van der Waals surface area contributed by atoms with Gasteiger partial charge in [0.05, 0.1) is 0 Å². The number of ether oxygens (including phenoxy) is 1. The third-order valence-electron chi connectivity index (χ3n) is 3.72. The zero-order chi connectivity index (χ0) is 13.7. The summed E-state index contributed by atoms with van der Waals surface area (Å²) in [6.45, 7) is 6.03. The summed E-state index contributed by atoms with van der Waals surface area (Å²) in [5, 5.41) is 3.20. The summed E-state index contributed by atoms with van der Waals surface area (Å²) < 4.78 is 5.25. The number of hydrogen-bond donors (Lipinski definition) is 1. The molecule has 0 saturated carbocycles. The number of methoxy groups -OCH3 is 1. The van der Waals surface area contributed by atoms with E-state index in [4.69, 9.17) is 4.74 Å². The Morgan fingerprint density at radius 1 is 1.37 bits per heavy atom. The van der Waals surface area contributed by atoms with Crippen molar-refractivity contribution in [2.45, 2.75) is 26.3 Å². The summed E-state index contributed by atoms with van der Waals surface area (Å²) in [4.78, 5) is 7.08. The van der Waals surface area contributed by atoms with Gasteiger partial charge in [0.2, 0.25) is 0 Å². The zero-order valence-electron chi connectivity index (χ0n) is 12.3. The Hall–Kier alpha value is -1.13. The molecule has 106 valence electrons. The predicted molar refractivity (Wildman–Crippen MR) is 78.6 cm³/mol. The molecule has 0 unspecified atom stereocenters. The molecule has 0 aliphatic carbocycles. The number of hydrogen-bond acceptors (Lipinski definition) is 4. The van der Waals surface area contributed by atoms with E-state index in [-0.39, 0.29) is 0 Å². The Bertz CT molecular complexity index is 400. The third-order valence-corrected chi connectivity index (χ3v) is 3.72. The average Bonchev–Trinajstić information content (AvgIpc) is 2.40. The molecule has 1 aliphatic rings. The number of piperidine rings is 1. The summed E-state index contributed by atoms with van der Waals surface area (Å²) in [6, 6.07) is 4.36.